The Balaban J connectivity index is 2.24. The second-order valence-electron chi connectivity index (χ2n) is 3.65. The zero-order valence-electron chi connectivity index (χ0n) is 9.38. The normalized spacial score (nSPS) is 20.1. The van der Waals surface area contributed by atoms with E-state index in [2.05, 4.69) is 10.6 Å². The largest absolute Gasteiger partial charge is 0.354 e. The van der Waals surface area contributed by atoms with Crippen LogP contribution in [0.1, 0.15) is 20.3 Å². The van der Waals surface area contributed by atoms with Crippen LogP contribution in [-0.2, 0) is 9.59 Å². The van der Waals surface area contributed by atoms with Crippen molar-refractivity contribution >= 4 is 11.8 Å². The van der Waals surface area contributed by atoms with Gasteiger partial charge in [0.25, 0.3) is 0 Å². The number of carbonyl (C=O) groups is 2. The maximum atomic E-state index is 11.6. The number of likely N-dealkylation sites (N-methyl/N-ethyl adjacent to an activating group) is 1. The topological polar surface area (TPSA) is 61.4 Å². The van der Waals surface area contributed by atoms with Gasteiger partial charge in [0.05, 0.1) is 6.54 Å². The predicted molar refractivity (Wildman–Crippen MR) is 57.3 cm³/mol. The lowest BCUT2D eigenvalue weighted by Crippen LogP contribution is -2.42. The highest BCUT2D eigenvalue weighted by molar-refractivity contribution is 5.80. The monoisotopic (exact) mass is 213 g/mol. The molecule has 2 N–H and O–H groups in total. The van der Waals surface area contributed by atoms with Crippen LogP contribution < -0.4 is 10.6 Å². The van der Waals surface area contributed by atoms with Crippen molar-refractivity contribution in [2.24, 2.45) is 0 Å². The van der Waals surface area contributed by atoms with E-state index >= 15 is 0 Å². The zero-order chi connectivity index (χ0) is 11.3. The first-order valence-corrected chi connectivity index (χ1v) is 5.45. The number of amides is 2. The van der Waals surface area contributed by atoms with Gasteiger partial charge in [-0.1, -0.05) is 0 Å². The standard InChI is InChI=1S/C10H19N3O2/c1-3-13(4-2)10(15)7-11-8-5-9(14)12-6-8/h8,11H,3-7H2,1-2H3,(H,12,14). The van der Waals surface area contributed by atoms with Crippen molar-refractivity contribution in [1.82, 2.24) is 15.5 Å². The molecule has 1 aliphatic rings. The van der Waals surface area contributed by atoms with E-state index in [1.54, 1.807) is 4.90 Å². The van der Waals surface area contributed by atoms with E-state index in [0.717, 1.165) is 13.1 Å². The lowest BCUT2D eigenvalue weighted by atomic mass is 10.2. The van der Waals surface area contributed by atoms with Gasteiger partial charge in [-0.05, 0) is 13.8 Å². The van der Waals surface area contributed by atoms with Gasteiger partial charge in [-0.25, -0.2) is 0 Å². The molecule has 0 radical (unpaired) electrons. The molecule has 0 aliphatic carbocycles. The van der Waals surface area contributed by atoms with E-state index in [4.69, 9.17) is 0 Å². The van der Waals surface area contributed by atoms with E-state index in [9.17, 15) is 9.59 Å². The molecule has 0 aromatic heterocycles. The van der Waals surface area contributed by atoms with E-state index in [0.29, 0.717) is 19.5 Å². The number of rotatable bonds is 5. The van der Waals surface area contributed by atoms with Gasteiger partial charge in [0, 0.05) is 32.1 Å². The van der Waals surface area contributed by atoms with Gasteiger partial charge >= 0.3 is 0 Å². The van der Waals surface area contributed by atoms with Crippen LogP contribution in [0.4, 0.5) is 0 Å². The molecule has 1 heterocycles. The molecule has 1 saturated heterocycles. The molecule has 1 atom stereocenters. The molecule has 1 unspecified atom stereocenters. The van der Waals surface area contributed by atoms with Crippen LogP contribution in [-0.4, -0.2) is 48.9 Å². The van der Waals surface area contributed by atoms with Crippen LogP contribution in [0.15, 0.2) is 0 Å². The SMILES string of the molecule is CCN(CC)C(=O)CNC1CNC(=O)C1. The highest BCUT2D eigenvalue weighted by Crippen LogP contribution is 1.98. The highest BCUT2D eigenvalue weighted by Gasteiger charge is 2.21. The summed E-state index contributed by atoms with van der Waals surface area (Å²) in [6.07, 6.45) is 0.478. The quantitative estimate of drug-likeness (QED) is 0.637. The summed E-state index contributed by atoms with van der Waals surface area (Å²) in [6, 6.07) is 0.108. The molecule has 2 amide bonds. The molecular formula is C10H19N3O2. The molecule has 0 saturated carbocycles. The van der Waals surface area contributed by atoms with Crippen molar-refractivity contribution in [3.05, 3.63) is 0 Å². The highest BCUT2D eigenvalue weighted by atomic mass is 16.2. The van der Waals surface area contributed by atoms with E-state index in [-0.39, 0.29) is 17.9 Å². The Hall–Kier alpha value is -1.10. The number of carbonyl (C=O) groups excluding carboxylic acids is 2. The van der Waals surface area contributed by atoms with Crippen LogP contribution in [0, 0.1) is 0 Å². The minimum Gasteiger partial charge on any atom is -0.354 e. The van der Waals surface area contributed by atoms with Gasteiger partial charge in [-0.3, -0.25) is 9.59 Å². The number of hydrogen-bond donors (Lipinski definition) is 2. The molecule has 0 aromatic carbocycles. The molecule has 1 fully saturated rings. The number of nitrogens with one attached hydrogen (secondary N) is 2. The predicted octanol–water partition coefficient (Wildman–Crippen LogP) is -0.667. The Morgan fingerprint density at radius 2 is 2.20 bits per heavy atom. The zero-order valence-corrected chi connectivity index (χ0v) is 9.38. The van der Waals surface area contributed by atoms with Crippen molar-refractivity contribution in [2.75, 3.05) is 26.2 Å². The van der Waals surface area contributed by atoms with E-state index < -0.39 is 0 Å². The molecule has 1 aliphatic heterocycles. The van der Waals surface area contributed by atoms with Crippen LogP contribution in [0.5, 0.6) is 0 Å². The maximum Gasteiger partial charge on any atom is 0.236 e. The average molecular weight is 213 g/mol. The van der Waals surface area contributed by atoms with Gasteiger partial charge in [0.2, 0.25) is 11.8 Å². The summed E-state index contributed by atoms with van der Waals surface area (Å²) in [5.41, 5.74) is 0. The Labute approximate surface area is 90.2 Å². The van der Waals surface area contributed by atoms with Crippen molar-refractivity contribution < 1.29 is 9.59 Å². The Morgan fingerprint density at radius 3 is 2.67 bits per heavy atom. The van der Waals surface area contributed by atoms with Gasteiger partial charge in [0.15, 0.2) is 0 Å². The molecule has 5 heteroatoms. The first-order valence-electron chi connectivity index (χ1n) is 5.45. The van der Waals surface area contributed by atoms with Gasteiger partial charge in [-0.2, -0.15) is 0 Å². The van der Waals surface area contributed by atoms with E-state index in [1.165, 1.54) is 0 Å². The van der Waals surface area contributed by atoms with Crippen molar-refractivity contribution in [3.63, 3.8) is 0 Å². The lowest BCUT2D eigenvalue weighted by Gasteiger charge is -2.19. The lowest BCUT2D eigenvalue weighted by molar-refractivity contribution is -0.130. The number of nitrogens with zero attached hydrogens (tertiary/aromatic N) is 1. The molecule has 5 nitrogen and oxygen atoms in total. The summed E-state index contributed by atoms with van der Waals surface area (Å²) in [4.78, 5) is 24.3. The van der Waals surface area contributed by atoms with Crippen molar-refractivity contribution in [1.29, 1.82) is 0 Å². The van der Waals surface area contributed by atoms with Gasteiger partial charge in [-0.15, -0.1) is 0 Å². The molecule has 86 valence electrons. The van der Waals surface area contributed by atoms with Crippen LogP contribution >= 0.6 is 0 Å². The third kappa shape index (κ3) is 3.51. The Kier molecular flexibility index (Phi) is 4.55. The fraction of sp³-hybridized carbons (Fsp3) is 0.800. The average Bonchev–Trinajstić information content (AvgIpc) is 2.63. The van der Waals surface area contributed by atoms with Crippen molar-refractivity contribution in [2.45, 2.75) is 26.3 Å². The van der Waals surface area contributed by atoms with E-state index in [1.807, 2.05) is 13.8 Å². The molecular weight excluding hydrogens is 194 g/mol. The van der Waals surface area contributed by atoms with Gasteiger partial charge < -0.3 is 15.5 Å². The minimum absolute atomic E-state index is 0.0581. The first kappa shape index (κ1) is 12.0. The third-order valence-electron chi connectivity index (χ3n) is 2.64. The van der Waals surface area contributed by atoms with Crippen LogP contribution in [0.3, 0.4) is 0 Å². The Bertz CT molecular complexity index is 239. The van der Waals surface area contributed by atoms with Crippen molar-refractivity contribution in [3.8, 4) is 0 Å². The smallest absolute Gasteiger partial charge is 0.236 e. The molecule has 1 rings (SSSR count). The summed E-state index contributed by atoms with van der Waals surface area (Å²) >= 11 is 0. The molecule has 0 spiro atoms. The van der Waals surface area contributed by atoms with Crippen LogP contribution in [0.25, 0.3) is 0 Å². The third-order valence-corrected chi connectivity index (χ3v) is 2.64. The van der Waals surface area contributed by atoms with Crippen LogP contribution in [0.2, 0.25) is 0 Å². The summed E-state index contributed by atoms with van der Waals surface area (Å²) < 4.78 is 0. The molecule has 0 aromatic rings. The van der Waals surface area contributed by atoms with Gasteiger partial charge in [0.1, 0.15) is 0 Å². The molecule has 0 bridgehead atoms. The second kappa shape index (κ2) is 5.70. The second-order valence-corrected chi connectivity index (χ2v) is 3.65. The fourth-order valence-electron chi connectivity index (χ4n) is 1.67. The fourth-order valence-corrected chi connectivity index (χ4v) is 1.67. The number of hydrogen-bond acceptors (Lipinski definition) is 3. The summed E-state index contributed by atoms with van der Waals surface area (Å²) in [6.45, 7) is 6.34. The summed E-state index contributed by atoms with van der Waals surface area (Å²) in [7, 11) is 0. The Morgan fingerprint density at radius 1 is 1.53 bits per heavy atom. The minimum atomic E-state index is 0.0581. The summed E-state index contributed by atoms with van der Waals surface area (Å²) in [5.74, 6) is 0.155. The summed E-state index contributed by atoms with van der Waals surface area (Å²) in [5, 5.41) is 5.81. The molecule has 15 heavy (non-hydrogen) atoms. The maximum absolute atomic E-state index is 11.6. The first-order chi connectivity index (χ1) is 7.17.